The van der Waals surface area contributed by atoms with Gasteiger partial charge in [0.15, 0.2) is 0 Å². The first kappa shape index (κ1) is 20.8. The molecule has 1 spiro atoms. The van der Waals surface area contributed by atoms with Crippen molar-refractivity contribution in [2.75, 3.05) is 26.4 Å². The standard InChI is InChI=1S/C24H32N2O5/c1-16-12-23(28)26-11-10-24(15-29-14-22(27)25-24)21(26)13-30-18-8-6-17(7-9-18)19-4-2-3-5-20(19)31-16/h2-5,16-18,21H,6-15H2,1H3,(H,25,27)/t16-,17?,18?,21+,24-/m1/s1. The SMILES string of the molecule is C[C@@H]1CC(=O)N2CC[C@@]3(COCC(=O)N3)[C@@H]2COC2CCC(CC2)c2ccccc2O1. The number of hydrogen-bond acceptors (Lipinski definition) is 5. The summed E-state index contributed by atoms with van der Waals surface area (Å²) in [5.41, 5.74) is 0.688. The highest BCUT2D eigenvalue weighted by molar-refractivity contribution is 5.81. The van der Waals surface area contributed by atoms with E-state index in [1.165, 1.54) is 5.56 Å². The molecule has 3 fully saturated rings. The zero-order valence-corrected chi connectivity index (χ0v) is 18.2. The first-order valence-corrected chi connectivity index (χ1v) is 11.6. The minimum atomic E-state index is -0.560. The Morgan fingerprint density at radius 2 is 1.94 bits per heavy atom. The Labute approximate surface area is 183 Å². The normalized spacial score (nSPS) is 36.4. The topological polar surface area (TPSA) is 77.1 Å². The van der Waals surface area contributed by atoms with Crippen molar-refractivity contribution in [2.24, 2.45) is 0 Å². The summed E-state index contributed by atoms with van der Waals surface area (Å²) in [6.07, 6.45) is 5.04. The van der Waals surface area contributed by atoms with E-state index in [2.05, 4.69) is 17.4 Å². The summed E-state index contributed by atoms with van der Waals surface area (Å²) in [6, 6.07) is 8.03. The Bertz CT molecular complexity index is 837. The summed E-state index contributed by atoms with van der Waals surface area (Å²) < 4.78 is 18.3. The molecule has 2 bridgehead atoms. The van der Waals surface area contributed by atoms with E-state index in [0.29, 0.717) is 38.5 Å². The lowest BCUT2D eigenvalue weighted by Gasteiger charge is -2.42. The molecule has 2 amide bonds. The fourth-order valence-electron chi connectivity index (χ4n) is 5.79. The molecule has 1 N–H and O–H groups in total. The largest absolute Gasteiger partial charge is 0.490 e. The van der Waals surface area contributed by atoms with Gasteiger partial charge in [-0.15, -0.1) is 0 Å². The van der Waals surface area contributed by atoms with Crippen LogP contribution in [-0.2, 0) is 19.1 Å². The van der Waals surface area contributed by atoms with Gasteiger partial charge < -0.3 is 24.4 Å². The summed E-state index contributed by atoms with van der Waals surface area (Å²) in [6.45, 7) is 3.48. The molecule has 7 nitrogen and oxygen atoms in total. The van der Waals surface area contributed by atoms with Gasteiger partial charge in [-0.05, 0) is 56.6 Å². The lowest BCUT2D eigenvalue weighted by Crippen LogP contribution is -2.65. The molecule has 31 heavy (non-hydrogen) atoms. The molecule has 0 unspecified atom stereocenters. The summed E-state index contributed by atoms with van der Waals surface area (Å²) in [5.74, 6) is 1.28. The van der Waals surface area contributed by atoms with Crippen LogP contribution >= 0.6 is 0 Å². The van der Waals surface area contributed by atoms with Gasteiger partial charge in [-0.25, -0.2) is 0 Å². The van der Waals surface area contributed by atoms with Crippen molar-refractivity contribution in [3.63, 3.8) is 0 Å². The maximum Gasteiger partial charge on any atom is 0.246 e. The van der Waals surface area contributed by atoms with Crippen LogP contribution in [0.4, 0.5) is 0 Å². The Hall–Kier alpha value is -2.12. The smallest absolute Gasteiger partial charge is 0.246 e. The number of para-hydroxylation sites is 1. The molecular formula is C24H32N2O5. The first-order valence-electron chi connectivity index (χ1n) is 11.6. The molecule has 4 heterocycles. The van der Waals surface area contributed by atoms with Gasteiger partial charge in [0.1, 0.15) is 18.5 Å². The number of hydrogen-bond donors (Lipinski definition) is 1. The molecule has 7 heteroatoms. The fourth-order valence-corrected chi connectivity index (χ4v) is 5.79. The van der Waals surface area contributed by atoms with E-state index in [9.17, 15) is 9.59 Å². The number of fused-ring (bicyclic) bond motifs is 6. The third kappa shape index (κ3) is 4.05. The average Bonchev–Trinajstić information content (AvgIpc) is 3.09. The monoisotopic (exact) mass is 428 g/mol. The number of benzene rings is 1. The average molecular weight is 429 g/mol. The highest BCUT2D eigenvalue weighted by atomic mass is 16.5. The molecule has 5 aliphatic rings. The predicted octanol–water partition coefficient (Wildman–Crippen LogP) is 2.39. The van der Waals surface area contributed by atoms with E-state index in [0.717, 1.165) is 31.4 Å². The number of ether oxygens (including phenoxy) is 3. The van der Waals surface area contributed by atoms with Gasteiger partial charge in [0.25, 0.3) is 0 Å². The number of nitrogens with zero attached hydrogens (tertiary/aromatic N) is 1. The van der Waals surface area contributed by atoms with Gasteiger partial charge in [0, 0.05) is 6.54 Å². The second-order valence-electron chi connectivity index (χ2n) is 9.53. The van der Waals surface area contributed by atoms with E-state index in [-0.39, 0.29) is 36.7 Å². The van der Waals surface area contributed by atoms with Crippen molar-refractivity contribution in [2.45, 2.75) is 75.2 Å². The molecule has 0 radical (unpaired) electrons. The lowest BCUT2D eigenvalue weighted by molar-refractivity contribution is -0.144. The number of morpholine rings is 1. The summed E-state index contributed by atoms with van der Waals surface area (Å²) >= 11 is 0. The van der Waals surface area contributed by atoms with Crippen LogP contribution in [0.3, 0.4) is 0 Å². The molecule has 1 saturated carbocycles. The number of amides is 2. The Kier molecular flexibility index (Phi) is 5.65. The molecule has 1 aromatic rings. The van der Waals surface area contributed by atoms with Crippen LogP contribution in [0.5, 0.6) is 5.75 Å². The third-order valence-electron chi connectivity index (χ3n) is 7.43. The Morgan fingerprint density at radius 3 is 2.74 bits per heavy atom. The van der Waals surface area contributed by atoms with Crippen molar-refractivity contribution >= 4 is 11.8 Å². The number of carbonyl (C=O) groups excluding carboxylic acids is 2. The minimum absolute atomic E-state index is 0.0393. The summed E-state index contributed by atoms with van der Waals surface area (Å²) in [7, 11) is 0. The highest BCUT2D eigenvalue weighted by Crippen LogP contribution is 2.40. The van der Waals surface area contributed by atoms with Crippen LogP contribution in [0.1, 0.15) is 56.9 Å². The molecule has 0 aromatic heterocycles. The fraction of sp³-hybridized carbons (Fsp3) is 0.667. The predicted molar refractivity (Wildman–Crippen MR) is 114 cm³/mol. The van der Waals surface area contributed by atoms with Crippen LogP contribution in [0.15, 0.2) is 24.3 Å². The number of nitrogens with one attached hydrogen (secondary N) is 1. The van der Waals surface area contributed by atoms with Gasteiger partial charge in [-0.3, -0.25) is 9.59 Å². The molecule has 6 rings (SSSR count). The maximum atomic E-state index is 13.3. The summed E-state index contributed by atoms with van der Waals surface area (Å²) in [5, 5.41) is 3.14. The second-order valence-corrected chi connectivity index (χ2v) is 9.53. The number of rotatable bonds is 0. The van der Waals surface area contributed by atoms with E-state index < -0.39 is 5.54 Å². The molecular weight excluding hydrogens is 396 g/mol. The van der Waals surface area contributed by atoms with Crippen LogP contribution in [0.25, 0.3) is 0 Å². The van der Waals surface area contributed by atoms with Gasteiger partial charge in [0.2, 0.25) is 11.8 Å². The lowest BCUT2D eigenvalue weighted by atomic mass is 9.82. The number of carbonyl (C=O) groups is 2. The third-order valence-corrected chi connectivity index (χ3v) is 7.43. The van der Waals surface area contributed by atoms with Crippen LogP contribution in [-0.4, -0.2) is 66.9 Å². The van der Waals surface area contributed by atoms with Gasteiger partial charge in [0.05, 0.1) is 37.3 Å². The molecule has 4 aliphatic heterocycles. The Balaban J connectivity index is 1.43. The second kappa shape index (κ2) is 8.43. The Morgan fingerprint density at radius 1 is 1.13 bits per heavy atom. The molecule has 2 saturated heterocycles. The van der Waals surface area contributed by atoms with E-state index in [1.807, 2.05) is 24.0 Å². The van der Waals surface area contributed by atoms with Gasteiger partial charge >= 0.3 is 0 Å². The molecule has 168 valence electrons. The van der Waals surface area contributed by atoms with Crippen molar-refractivity contribution < 1.29 is 23.8 Å². The van der Waals surface area contributed by atoms with Gasteiger partial charge in [-0.1, -0.05) is 18.2 Å². The minimum Gasteiger partial charge on any atom is -0.490 e. The zero-order chi connectivity index (χ0) is 21.4. The van der Waals surface area contributed by atoms with E-state index >= 15 is 0 Å². The van der Waals surface area contributed by atoms with Crippen LogP contribution in [0, 0.1) is 0 Å². The zero-order valence-electron chi connectivity index (χ0n) is 18.2. The van der Waals surface area contributed by atoms with Gasteiger partial charge in [-0.2, -0.15) is 0 Å². The molecule has 3 atom stereocenters. The van der Waals surface area contributed by atoms with Crippen LogP contribution < -0.4 is 10.1 Å². The van der Waals surface area contributed by atoms with Crippen molar-refractivity contribution in [1.29, 1.82) is 0 Å². The molecule has 1 aromatic carbocycles. The van der Waals surface area contributed by atoms with Crippen molar-refractivity contribution in [3.8, 4) is 5.75 Å². The highest BCUT2D eigenvalue weighted by Gasteiger charge is 2.52. The van der Waals surface area contributed by atoms with Crippen LogP contribution in [0.2, 0.25) is 0 Å². The van der Waals surface area contributed by atoms with E-state index in [4.69, 9.17) is 14.2 Å². The molecule has 1 aliphatic carbocycles. The maximum absolute atomic E-state index is 13.3. The van der Waals surface area contributed by atoms with Crippen molar-refractivity contribution in [1.82, 2.24) is 10.2 Å². The first-order chi connectivity index (χ1) is 15.0. The van der Waals surface area contributed by atoms with Crippen molar-refractivity contribution in [3.05, 3.63) is 29.8 Å². The quantitative estimate of drug-likeness (QED) is 0.687. The van der Waals surface area contributed by atoms with E-state index in [1.54, 1.807) is 0 Å². The summed E-state index contributed by atoms with van der Waals surface area (Å²) in [4.78, 5) is 27.3.